The highest BCUT2D eigenvalue weighted by atomic mass is 15.3. The van der Waals surface area contributed by atoms with E-state index in [2.05, 4.69) is 50.3 Å². The van der Waals surface area contributed by atoms with E-state index in [-0.39, 0.29) is 6.04 Å². The first-order valence-corrected chi connectivity index (χ1v) is 9.06. The van der Waals surface area contributed by atoms with Crippen LogP contribution < -0.4 is 5.32 Å². The van der Waals surface area contributed by atoms with E-state index in [1.54, 1.807) is 6.20 Å². The molecule has 3 aromatic rings. The maximum atomic E-state index is 4.41. The van der Waals surface area contributed by atoms with Crippen LogP contribution in [0.15, 0.2) is 42.7 Å². The fourth-order valence-electron chi connectivity index (χ4n) is 3.50. The largest absolute Gasteiger partial charge is 0.314 e. The van der Waals surface area contributed by atoms with Crippen molar-refractivity contribution in [3.63, 3.8) is 0 Å². The molecule has 1 N–H and O–H groups in total. The van der Waals surface area contributed by atoms with Crippen LogP contribution in [-0.4, -0.2) is 24.5 Å². The molecule has 0 aliphatic carbocycles. The van der Waals surface area contributed by atoms with Gasteiger partial charge in [-0.1, -0.05) is 24.6 Å². The SMILES string of the molecule is C[C@@H](NCc1nnc2n1CCCCC2)c1ccccc1-n1cccn1. The molecule has 25 heavy (non-hydrogen) atoms. The predicted octanol–water partition coefficient (Wildman–Crippen LogP) is 3.04. The van der Waals surface area contributed by atoms with Crippen LogP contribution in [0, 0.1) is 0 Å². The Morgan fingerprint density at radius 1 is 1.12 bits per heavy atom. The molecule has 1 aliphatic rings. The van der Waals surface area contributed by atoms with Crippen LogP contribution in [-0.2, 0) is 19.5 Å². The maximum Gasteiger partial charge on any atom is 0.147 e. The third-order valence-electron chi connectivity index (χ3n) is 4.91. The lowest BCUT2D eigenvalue weighted by Crippen LogP contribution is -2.22. The van der Waals surface area contributed by atoms with Crippen molar-refractivity contribution in [3.8, 4) is 5.69 Å². The predicted molar refractivity (Wildman–Crippen MR) is 96.4 cm³/mol. The number of hydrogen-bond acceptors (Lipinski definition) is 4. The highest BCUT2D eigenvalue weighted by Gasteiger charge is 2.16. The second kappa shape index (κ2) is 7.19. The van der Waals surface area contributed by atoms with E-state index in [4.69, 9.17) is 0 Å². The van der Waals surface area contributed by atoms with Crippen LogP contribution in [0.4, 0.5) is 0 Å². The number of hydrogen-bond donors (Lipinski definition) is 1. The van der Waals surface area contributed by atoms with E-state index in [9.17, 15) is 0 Å². The topological polar surface area (TPSA) is 60.6 Å². The van der Waals surface area contributed by atoms with Gasteiger partial charge < -0.3 is 9.88 Å². The fraction of sp³-hybridized carbons (Fsp3) is 0.421. The summed E-state index contributed by atoms with van der Waals surface area (Å²) in [6.07, 6.45) is 8.55. The van der Waals surface area contributed by atoms with Crippen LogP contribution in [0.25, 0.3) is 5.69 Å². The minimum absolute atomic E-state index is 0.194. The molecule has 1 atom stereocenters. The van der Waals surface area contributed by atoms with Gasteiger partial charge in [0.1, 0.15) is 11.6 Å². The van der Waals surface area contributed by atoms with Gasteiger partial charge in [-0.05, 0) is 37.5 Å². The Kier molecular flexibility index (Phi) is 4.61. The minimum Gasteiger partial charge on any atom is -0.314 e. The number of aromatic nitrogens is 5. The third kappa shape index (κ3) is 3.35. The molecule has 6 heteroatoms. The number of nitrogens with zero attached hydrogens (tertiary/aromatic N) is 5. The molecule has 0 saturated carbocycles. The number of benzene rings is 1. The first kappa shape index (κ1) is 16.0. The summed E-state index contributed by atoms with van der Waals surface area (Å²) in [6.45, 7) is 3.95. The van der Waals surface area contributed by atoms with Crippen molar-refractivity contribution >= 4 is 0 Å². The average Bonchev–Trinajstić information content (AvgIpc) is 3.25. The van der Waals surface area contributed by atoms with Crippen molar-refractivity contribution < 1.29 is 0 Å². The molecule has 0 fully saturated rings. The molecule has 0 spiro atoms. The summed E-state index contributed by atoms with van der Waals surface area (Å²) < 4.78 is 4.21. The number of nitrogens with one attached hydrogen (secondary N) is 1. The van der Waals surface area contributed by atoms with E-state index in [0.29, 0.717) is 0 Å². The Morgan fingerprint density at radius 3 is 2.92 bits per heavy atom. The minimum atomic E-state index is 0.194. The zero-order chi connectivity index (χ0) is 17.1. The van der Waals surface area contributed by atoms with E-state index < -0.39 is 0 Å². The molecule has 6 nitrogen and oxygen atoms in total. The zero-order valence-electron chi connectivity index (χ0n) is 14.6. The van der Waals surface area contributed by atoms with Crippen molar-refractivity contribution in [1.82, 2.24) is 29.9 Å². The molecule has 0 amide bonds. The lowest BCUT2D eigenvalue weighted by atomic mass is 10.1. The second-order valence-electron chi connectivity index (χ2n) is 6.61. The molecule has 0 bridgehead atoms. The van der Waals surface area contributed by atoms with E-state index in [0.717, 1.165) is 36.8 Å². The second-order valence-corrected chi connectivity index (χ2v) is 6.61. The number of rotatable bonds is 5. The van der Waals surface area contributed by atoms with E-state index in [1.165, 1.54) is 24.8 Å². The Labute approximate surface area is 147 Å². The van der Waals surface area contributed by atoms with Gasteiger partial charge in [0.05, 0.1) is 12.2 Å². The summed E-state index contributed by atoms with van der Waals surface area (Å²) in [5, 5.41) is 16.8. The van der Waals surface area contributed by atoms with Gasteiger partial charge in [0.25, 0.3) is 0 Å². The molecule has 130 valence electrons. The van der Waals surface area contributed by atoms with Crippen LogP contribution >= 0.6 is 0 Å². The van der Waals surface area contributed by atoms with Crippen molar-refractivity contribution in [2.75, 3.05) is 0 Å². The first-order chi connectivity index (χ1) is 12.3. The maximum absolute atomic E-state index is 4.41. The molecule has 1 aromatic carbocycles. The van der Waals surface area contributed by atoms with Gasteiger partial charge in [0.2, 0.25) is 0 Å². The highest BCUT2D eigenvalue weighted by molar-refractivity contribution is 5.42. The number of fused-ring (bicyclic) bond motifs is 1. The Hall–Kier alpha value is -2.47. The molecular weight excluding hydrogens is 312 g/mol. The van der Waals surface area contributed by atoms with Crippen molar-refractivity contribution in [2.45, 2.75) is 51.7 Å². The zero-order valence-corrected chi connectivity index (χ0v) is 14.6. The van der Waals surface area contributed by atoms with Gasteiger partial charge in [-0.25, -0.2) is 4.68 Å². The molecular formula is C19H24N6. The van der Waals surface area contributed by atoms with Crippen LogP contribution in [0.5, 0.6) is 0 Å². The smallest absolute Gasteiger partial charge is 0.147 e. The number of aryl methyl sites for hydroxylation is 1. The highest BCUT2D eigenvalue weighted by Crippen LogP contribution is 2.21. The summed E-state index contributed by atoms with van der Waals surface area (Å²) in [7, 11) is 0. The lowest BCUT2D eigenvalue weighted by molar-refractivity contribution is 0.524. The monoisotopic (exact) mass is 336 g/mol. The Balaban J connectivity index is 1.50. The molecule has 0 radical (unpaired) electrons. The summed E-state index contributed by atoms with van der Waals surface area (Å²) in [4.78, 5) is 0. The normalized spacial score (nSPS) is 15.6. The molecule has 4 rings (SSSR count). The molecule has 0 unspecified atom stereocenters. The molecule has 2 aromatic heterocycles. The van der Waals surface area contributed by atoms with Crippen LogP contribution in [0.1, 0.15) is 49.4 Å². The summed E-state index contributed by atoms with van der Waals surface area (Å²) in [5.41, 5.74) is 2.33. The van der Waals surface area contributed by atoms with Crippen LogP contribution in [0.3, 0.4) is 0 Å². The average molecular weight is 336 g/mol. The quantitative estimate of drug-likeness (QED) is 0.778. The number of para-hydroxylation sites is 1. The van der Waals surface area contributed by atoms with Gasteiger partial charge in [-0.3, -0.25) is 0 Å². The molecule has 3 heterocycles. The summed E-state index contributed by atoms with van der Waals surface area (Å²) in [5.74, 6) is 2.18. The summed E-state index contributed by atoms with van der Waals surface area (Å²) in [6, 6.07) is 10.5. The fourth-order valence-corrected chi connectivity index (χ4v) is 3.50. The molecule has 1 aliphatic heterocycles. The van der Waals surface area contributed by atoms with Gasteiger partial charge in [-0.15, -0.1) is 10.2 Å². The van der Waals surface area contributed by atoms with Crippen molar-refractivity contribution in [2.24, 2.45) is 0 Å². The first-order valence-electron chi connectivity index (χ1n) is 9.06. The van der Waals surface area contributed by atoms with Gasteiger partial charge in [-0.2, -0.15) is 5.10 Å². The van der Waals surface area contributed by atoms with Gasteiger partial charge in [0, 0.05) is 31.4 Å². The molecule has 0 saturated heterocycles. The van der Waals surface area contributed by atoms with Crippen LogP contribution in [0.2, 0.25) is 0 Å². The van der Waals surface area contributed by atoms with Gasteiger partial charge in [0.15, 0.2) is 0 Å². The van der Waals surface area contributed by atoms with E-state index in [1.807, 2.05) is 23.0 Å². The van der Waals surface area contributed by atoms with Gasteiger partial charge >= 0.3 is 0 Å². The summed E-state index contributed by atoms with van der Waals surface area (Å²) >= 11 is 0. The lowest BCUT2D eigenvalue weighted by Gasteiger charge is -2.18. The Bertz CT molecular complexity index is 820. The van der Waals surface area contributed by atoms with Crippen molar-refractivity contribution in [3.05, 3.63) is 59.9 Å². The Morgan fingerprint density at radius 2 is 2.04 bits per heavy atom. The van der Waals surface area contributed by atoms with E-state index >= 15 is 0 Å². The van der Waals surface area contributed by atoms with Crippen molar-refractivity contribution in [1.29, 1.82) is 0 Å². The third-order valence-corrected chi connectivity index (χ3v) is 4.91. The standard InChI is InChI=1S/C19H24N6/c1-15(16-8-4-5-9-17(16)25-13-7-11-21-25)20-14-19-23-22-18-10-3-2-6-12-24(18)19/h4-5,7-9,11,13,15,20H,2-3,6,10,12,14H2,1H3/t15-/m1/s1.